The predicted octanol–water partition coefficient (Wildman–Crippen LogP) is 4.93. The maximum Gasteiger partial charge on any atom is 0.287 e. The van der Waals surface area contributed by atoms with Crippen LogP contribution in [0.2, 0.25) is 10.0 Å². The quantitative estimate of drug-likeness (QED) is 0.262. The van der Waals surface area contributed by atoms with Crippen molar-refractivity contribution in [1.82, 2.24) is 10.7 Å². The van der Waals surface area contributed by atoms with Crippen molar-refractivity contribution in [3.8, 4) is 11.5 Å². The average Bonchev–Trinajstić information content (AvgIpc) is 2.85. The van der Waals surface area contributed by atoms with E-state index >= 15 is 0 Å². The Morgan fingerprint density at radius 1 is 0.912 bits per heavy atom. The van der Waals surface area contributed by atoms with Crippen molar-refractivity contribution < 1.29 is 19.1 Å². The van der Waals surface area contributed by atoms with Crippen LogP contribution in [0.3, 0.4) is 0 Å². The van der Waals surface area contributed by atoms with Gasteiger partial charge in [0.05, 0.1) is 25.5 Å². The molecule has 0 heterocycles. The van der Waals surface area contributed by atoms with E-state index in [2.05, 4.69) is 15.8 Å². The van der Waals surface area contributed by atoms with Crippen LogP contribution in [0.4, 0.5) is 0 Å². The molecule has 0 spiro atoms. The largest absolute Gasteiger partial charge is 0.497 e. The molecule has 0 radical (unpaired) electrons. The highest BCUT2D eigenvalue weighted by atomic mass is 35.5. The number of amides is 2. The maximum atomic E-state index is 13.0. The highest BCUT2D eigenvalue weighted by Crippen LogP contribution is 2.26. The number of rotatable bonds is 8. The Labute approximate surface area is 207 Å². The zero-order chi connectivity index (χ0) is 24.5. The number of carbonyl (C=O) groups excluding carboxylic acids is 2. The lowest BCUT2D eigenvalue weighted by Crippen LogP contribution is -2.32. The van der Waals surface area contributed by atoms with Crippen LogP contribution in [0, 0.1) is 0 Å². The maximum absolute atomic E-state index is 13.0. The van der Waals surface area contributed by atoms with Crippen molar-refractivity contribution in [1.29, 1.82) is 0 Å². The molecule has 3 aromatic rings. The number of halogens is 2. The van der Waals surface area contributed by atoms with Gasteiger partial charge in [-0.25, -0.2) is 5.43 Å². The van der Waals surface area contributed by atoms with E-state index in [1.54, 1.807) is 66.7 Å². The molecule has 0 aliphatic heterocycles. The van der Waals surface area contributed by atoms with Gasteiger partial charge >= 0.3 is 0 Å². The topological polar surface area (TPSA) is 89.0 Å². The van der Waals surface area contributed by atoms with Crippen LogP contribution in [0.15, 0.2) is 77.5 Å². The van der Waals surface area contributed by atoms with Gasteiger partial charge < -0.3 is 14.8 Å². The molecule has 0 atom stereocenters. The van der Waals surface area contributed by atoms with Crippen molar-refractivity contribution >= 4 is 47.3 Å². The van der Waals surface area contributed by atoms with E-state index in [0.29, 0.717) is 38.2 Å². The lowest BCUT2D eigenvalue weighted by molar-refractivity contribution is -0.117. The smallest absolute Gasteiger partial charge is 0.287 e. The number of nitrogens with one attached hydrogen (secondary N) is 2. The average molecular weight is 498 g/mol. The zero-order valence-corrected chi connectivity index (χ0v) is 19.9. The monoisotopic (exact) mass is 497 g/mol. The Hall–Kier alpha value is -3.81. The van der Waals surface area contributed by atoms with Crippen LogP contribution in [-0.4, -0.2) is 32.2 Å². The van der Waals surface area contributed by atoms with Gasteiger partial charge in [-0.3, -0.25) is 9.59 Å². The van der Waals surface area contributed by atoms with Crippen molar-refractivity contribution in [2.24, 2.45) is 5.10 Å². The second-order valence-electron chi connectivity index (χ2n) is 6.85. The fraction of sp³-hybridized carbons (Fsp3) is 0.0800. The lowest BCUT2D eigenvalue weighted by atomic mass is 10.1. The number of hydrogen-bond donors (Lipinski definition) is 2. The molecule has 0 saturated heterocycles. The van der Waals surface area contributed by atoms with Crippen molar-refractivity contribution in [2.75, 3.05) is 14.2 Å². The van der Waals surface area contributed by atoms with Gasteiger partial charge in [-0.2, -0.15) is 5.10 Å². The number of methoxy groups -OCH3 is 2. The minimum atomic E-state index is -0.657. The van der Waals surface area contributed by atoms with Crippen LogP contribution in [-0.2, 0) is 4.79 Å². The van der Waals surface area contributed by atoms with Gasteiger partial charge in [0.2, 0.25) is 0 Å². The summed E-state index contributed by atoms with van der Waals surface area (Å²) < 4.78 is 10.6. The van der Waals surface area contributed by atoms with E-state index in [4.69, 9.17) is 32.7 Å². The van der Waals surface area contributed by atoms with Gasteiger partial charge in [0.25, 0.3) is 11.8 Å². The molecule has 174 valence electrons. The molecule has 0 fully saturated rings. The third-order valence-electron chi connectivity index (χ3n) is 4.60. The number of hydrazone groups is 1. The molecule has 0 saturated carbocycles. The van der Waals surface area contributed by atoms with Gasteiger partial charge in [-0.05, 0) is 48.5 Å². The van der Waals surface area contributed by atoms with E-state index in [-0.39, 0.29) is 5.70 Å². The Kier molecular flexibility index (Phi) is 8.67. The summed E-state index contributed by atoms with van der Waals surface area (Å²) in [4.78, 5) is 25.7. The zero-order valence-electron chi connectivity index (χ0n) is 18.3. The SMILES string of the molecule is COc1ccc(OC)c(/C=C(\NC(=O)c2ccccc2)C(=O)N/N=C\c2ccc(Cl)cc2Cl)c1. The first-order chi connectivity index (χ1) is 16.4. The summed E-state index contributed by atoms with van der Waals surface area (Å²) in [6.45, 7) is 0. The van der Waals surface area contributed by atoms with Gasteiger partial charge in [0.1, 0.15) is 17.2 Å². The first-order valence-corrected chi connectivity index (χ1v) is 10.8. The van der Waals surface area contributed by atoms with Gasteiger partial charge in [0.15, 0.2) is 0 Å². The van der Waals surface area contributed by atoms with Gasteiger partial charge in [-0.15, -0.1) is 0 Å². The second-order valence-corrected chi connectivity index (χ2v) is 7.69. The number of carbonyl (C=O) groups is 2. The first-order valence-electron chi connectivity index (χ1n) is 10.00. The molecule has 0 aliphatic rings. The van der Waals surface area contributed by atoms with Crippen LogP contribution in [0.1, 0.15) is 21.5 Å². The lowest BCUT2D eigenvalue weighted by Gasteiger charge is -2.12. The molecule has 9 heteroatoms. The van der Waals surface area contributed by atoms with Crippen molar-refractivity contribution in [3.63, 3.8) is 0 Å². The molecule has 34 heavy (non-hydrogen) atoms. The first kappa shape index (κ1) is 24.8. The fourth-order valence-corrected chi connectivity index (χ4v) is 3.33. The summed E-state index contributed by atoms with van der Waals surface area (Å²) in [6, 6.07) is 18.5. The third-order valence-corrected chi connectivity index (χ3v) is 5.16. The molecular formula is C25H21Cl2N3O4. The predicted molar refractivity (Wildman–Crippen MR) is 134 cm³/mol. The van der Waals surface area contributed by atoms with Crippen LogP contribution < -0.4 is 20.2 Å². The summed E-state index contributed by atoms with van der Waals surface area (Å²) in [5.41, 5.74) is 3.80. The normalized spacial score (nSPS) is 11.2. The molecule has 7 nitrogen and oxygen atoms in total. The fourth-order valence-electron chi connectivity index (χ4n) is 2.88. The van der Waals surface area contributed by atoms with Crippen molar-refractivity contribution in [2.45, 2.75) is 0 Å². The Balaban J connectivity index is 1.91. The molecule has 2 N–H and O–H groups in total. The van der Waals surface area contributed by atoms with E-state index < -0.39 is 11.8 Å². The van der Waals surface area contributed by atoms with E-state index in [9.17, 15) is 9.59 Å². The minimum absolute atomic E-state index is 0.0558. The minimum Gasteiger partial charge on any atom is -0.497 e. The molecule has 2 amide bonds. The summed E-state index contributed by atoms with van der Waals surface area (Å²) in [5.74, 6) is -0.0859. The summed E-state index contributed by atoms with van der Waals surface area (Å²) in [6.07, 6.45) is 2.85. The van der Waals surface area contributed by atoms with Crippen LogP contribution >= 0.6 is 23.2 Å². The van der Waals surface area contributed by atoms with Crippen molar-refractivity contribution in [3.05, 3.63) is 99.2 Å². The highest BCUT2D eigenvalue weighted by molar-refractivity contribution is 6.36. The number of nitrogens with zero attached hydrogens (tertiary/aromatic N) is 1. The molecule has 3 rings (SSSR count). The summed E-state index contributed by atoms with van der Waals surface area (Å²) >= 11 is 12.0. The molecule has 0 unspecified atom stereocenters. The number of ether oxygens (including phenoxy) is 2. The molecular weight excluding hydrogens is 477 g/mol. The summed E-state index contributed by atoms with van der Waals surface area (Å²) in [7, 11) is 3.03. The Morgan fingerprint density at radius 2 is 1.68 bits per heavy atom. The molecule has 0 aliphatic carbocycles. The van der Waals surface area contributed by atoms with E-state index in [1.165, 1.54) is 26.5 Å². The Bertz CT molecular complexity index is 1240. The van der Waals surface area contributed by atoms with E-state index in [0.717, 1.165) is 0 Å². The number of benzene rings is 3. The molecule has 0 aromatic heterocycles. The van der Waals surface area contributed by atoms with E-state index in [1.807, 2.05) is 0 Å². The van der Waals surface area contributed by atoms with Crippen LogP contribution in [0.5, 0.6) is 11.5 Å². The third kappa shape index (κ3) is 6.60. The Morgan fingerprint density at radius 3 is 2.35 bits per heavy atom. The second kappa shape index (κ2) is 11.9. The van der Waals surface area contributed by atoms with Gasteiger partial charge in [0, 0.05) is 21.7 Å². The summed E-state index contributed by atoms with van der Waals surface area (Å²) in [5, 5.41) is 7.44. The number of hydrogen-bond acceptors (Lipinski definition) is 5. The van der Waals surface area contributed by atoms with Gasteiger partial charge in [-0.1, -0.05) is 47.5 Å². The van der Waals surface area contributed by atoms with Crippen LogP contribution in [0.25, 0.3) is 6.08 Å². The molecule has 3 aromatic carbocycles. The molecule has 0 bridgehead atoms. The standard InChI is InChI=1S/C25H21Cl2N3O4/c1-33-20-10-11-23(34-2)18(12-20)13-22(29-24(31)16-6-4-3-5-7-16)25(32)30-28-15-17-8-9-19(26)14-21(17)27/h3-15H,1-2H3,(H,29,31)(H,30,32)/b22-13-,28-15-. The highest BCUT2D eigenvalue weighted by Gasteiger charge is 2.16.